The second-order valence-electron chi connectivity index (χ2n) is 3.73. The summed E-state index contributed by atoms with van der Waals surface area (Å²) in [4.78, 5) is 14.7. The maximum atomic E-state index is 11.0. The van der Waals surface area contributed by atoms with Crippen molar-refractivity contribution in [1.82, 2.24) is 15.2 Å². The number of nitrogens with one attached hydrogen (secondary N) is 2. The molecule has 0 fully saturated rings. The quantitative estimate of drug-likeness (QED) is 0.642. The van der Waals surface area contributed by atoms with Crippen molar-refractivity contribution < 1.29 is 0 Å². The molecule has 6 nitrogen and oxygen atoms in total. The van der Waals surface area contributed by atoms with Gasteiger partial charge in [-0.1, -0.05) is 36.4 Å². The fraction of sp³-hybridized carbons (Fsp3) is 0.0769. The molecule has 2 aromatic rings. The molecule has 0 atom stereocenters. The second-order valence-corrected chi connectivity index (χ2v) is 3.73. The highest BCUT2D eigenvalue weighted by Gasteiger charge is 1.99. The molecule has 6 heteroatoms. The zero-order chi connectivity index (χ0) is 13.5. The normalized spacial score (nSPS) is 11.2. The van der Waals surface area contributed by atoms with E-state index in [0.29, 0.717) is 11.5 Å². The van der Waals surface area contributed by atoms with Crippen LogP contribution in [0, 0.1) is 6.92 Å². The van der Waals surface area contributed by atoms with Gasteiger partial charge in [-0.3, -0.25) is 5.43 Å². The van der Waals surface area contributed by atoms with Gasteiger partial charge in [0.15, 0.2) is 5.82 Å². The molecule has 0 spiro atoms. The van der Waals surface area contributed by atoms with E-state index in [1.54, 1.807) is 19.2 Å². The van der Waals surface area contributed by atoms with Crippen molar-refractivity contribution in [3.8, 4) is 0 Å². The average Bonchev–Trinajstić information content (AvgIpc) is 2.43. The van der Waals surface area contributed by atoms with Crippen molar-refractivity contribution in [3.63, 3.8) is 0 Å². The van der Waals surface area contributed by atoms with Crippen molar-refractivity contribution in [3.05, 3.63) is 58.1 Å². The zero-order valence-electron chi connectivity index (χ0n) is 10.4. The molecule has 1 heterocycles. The number of H-pyrrole nitrogens is 1. The topological polar surface area (TPSA) is 83.0 Å². The van der Waals surface area contributed by atoms with Gasteiger partial charge in [-0.2, -0.15) is 15.2 Å². The number of hydrogen-bond acceptors (Lipinski definition) is 5. The Morgan fingerprint density at radius 1 is 1.32 bits per heavy atom. The van der Waals surface area contributed by atoms with Gasteiger partial charge in [0.05, 0.1) is 0 Å². The Morgan fingerprint density at radius 2 is 2.11 bits per heavy atom. The molecule has 19 heavy (non-hydrogen) atoms. The van der Waals surface area contributed by atoms with Gasteiger partial charge < -0.3 is 0 Å². The smallest absolute Gasteiger partial charge is 0.260 e. The summed E-state index contributed by atoms with van der Waals surface area (Å²) in [5.74, 6) is 0.341. The van der Waals surface area contributed by atoms with E-state index in [-0.39, 0.29) is 0 Å². The fourth-order valence-corrected chi connectivity index (χ4v) is 1.36. The third kappa shape index (κ3) is 3.88. The van der Waals surface area contributed by atoms with Crippen LogP contribution >= 0.6 is 0 Å². The van der Waals surface area contributed by atoms with Gasteiger partial charge in [-0.25, -0.2) is 9.89 Å². The molecule has 2 rings (SSSR count). The molecule has 0 saturated carbocycles. The van der Waals surface area contributed by atoms with Crippen molar-refractivity contribution in [1.29, 1.82) is 0 Å². The molecule has 0 aliphatic rings. The van der Waals surface area contributed by atoms with Crippen LogP contribution in [-0.4, -0.2) is 21.4 Å². The first-order valence-electron chi connectivity index (χ1n) is 5.70. The van der Waals surface area contributed by atoms with Gasteiger partial charge in [0, 0.05) is 6.21 Å². The van der Waals surface area contributed by atoms with Crippen LogP contribution in [0.25, 0.3) is 6.08 Å². The summed E-state index contributed by atoms with van der Waals surface area (Å²) in [5.41, 5.74) is 3.81. The molecule has 96 valence electrons. The van der Waals surface area contributed by atoms with Gasteiger partial charge >= 0.3 is 5.69 Å². The summed E-state index contributed by atoms with van der Waals surface area (Å²) >= 11 is 0. The third-order valence-electron chi connectivity index (χ3n) is 2.29. The van der Waals surface area contributed by atoms with Crippen molar-refractivity contribution in [2.75, 3.05) is 5.43 Å². The zero-order valence-corrected chi connectivity index (χ0v) is 10.4. The summed E-state index contributed by atoms with van der Waals surface area (Å²) in [7, 11) is 0. The lowest BCUT2D eigenvalue weighted by Crippen LogP contribution is -2.15. The first-order chi connectivity index (χ1) is 9.25. The highest BCUT2D eigenvalue weighted by molar-refractivity contribution is 5.78. The second kappa shape index (κ2) is 6.25. The SMILES string of the molecule is Cc1n[nH]c(=O)nc1NN=CC=Cc1ccccc1. The number of anilines is 1. The van der Waals surface area contributed by atoms with Gasteiger partial charge in [-0.05, 0) is 18.6 Å². The van der Waals surface area contributed by atoms with E-state index in [2.05, 4.69) is 25.7 Å². The Hall–Kier alpha value is -2.76. The minimum absolute atomic E-state index is 0.341. The fourth-order valence-electron chi connectivity index (χ4n) is 1.36. The summed E-state index contributed by atoms with van der Waals surface area (Å²) in [6.07, 6.45) is 5.29. The van der Waals surface area contributed by atoms with Gasteiger partial charge in [0.25, 0.3) is 0 Å². The average molecular weight is 255 g/mol. The van der Waals surface area contributed by atoms with Crippen LogP contribution in [-0.2, 0) is 0 Å². The molecule has 1 aromatic carbocycles. The van der Waals surface area contributed by atoms with Gasteiger partial charge in [0.1, 0.15) is 5.69 Å². The van der Waals surface area contributed by atoms with E-state index >= 15 is 0 Å². The molecule has 0 aliphatic carbocycles. The van der Waals surface area contributed by atoms with Crippen LogP contribution in [0.1, 0.15) is 11.3 Å². The highest BCUT2D eigenvalue weighted by Crippen LogP contribution is 2.02. The Kier molecular flexibility index (Phi) is 4.17. The molecule has 0 saturated heterocycles. The first kappa shape index (κ1) is 12.7. The molecular formula is C13H13N5O. The Bertz CT molecular complexity index is 646. The Morgan fingerprint density at radius 3 is 2.89 bits per heavy atom. The number of aromatic nitrogens is 3. The van der Waals surface area contributed by atoms with E-state index in [4.69, 9.17) is 0 Å². The molecule has 0 amide bonds. The van der Waals surface area contributed by atoms with Crippen LogP contribution in [0.4, 0.5) is 5.82 Å². The van der Waals surface area contributed by atoms with E-state index in [1.807, 2.05) is 36.4 Å². The highest BCUT2D eigenvalue weighted by atomic mass is 16.1. The maximum Gasteiger partial charge on any atom is 0.363 e. The van der Waals surface area contributed by atoms with Crippen molar-refractivity contribution in [2.45, 2.75) is 6.92 Å². The molecule has 0 aliphatic heterocycles. The van der Waals surface area contributed by atoms with E-state index in [9.17, 15) is 4.79 Å². The number of rotatable bonds is 4. The van der Waals surface area contributed by atoms with E-state index in [1.165, 1.54) is 0 Å². The number of aryl methyl sites for hydroxylation is 1. The molecule has 0 unspecified atom stereocenters. The number of nitrogens with zero attached hydrogens (tertiary/aromatic N) is 3. The molecule has 0 radical (unpaired) electrons. The van der Waals surface area contributed by atoms with Crippen LogP contribution in [0.5, 0.6) is 0 Å². The Balaban J connectivity index is 1.95. The maximum absolute atomic E-state index is 11.0. The standard InChI is InChI=1S/C13H13N5O/c1-10-12(15-13(19)18-16-10)17-14-9-5-8-11-6-3-2-4-7-11/h2-9H,1H3,(H2,15,17,18,19). The Labute approximate surface area is 109 Å². The predicted octanol–water partition coefficient (Wildman–Crippen LogP) is 1.58. The number of hydrogen-bond donors (Lipinski definition) is 2. The van der Waals surface area contributed by atoms with Crippen LogP contribution in [0.2, 0.25) is 0 Å². The monoisotopic (exact) mass is 255 g/mol. The van der Waals surface area contributed by atoms with Crippen molar-refractivity contribution >= 4 is 18.1 Å². The van der Waals surface area contributed by atoms with Crippen molar-refractivity contribution in [2.24, 2.45) is 5.10 Å². The lowest BCUT2D eigenvalue weighted by atomic mass is 10.2. The predicted molar refractivity (Wildman–Crippen MR) is 75.0 cm³/mol. The summed E-state index contributed by atoms with van der Waals surface area (Å²) in [6.45, 7) is 1.72. The van der Waals surface area contributed by atoms with Gasteiger partial charge in [-0.15, -0.1) is 0 Å². The molecule has 1 aromatic heterocycles. The van der Waals surface area contributed by atoms with E-state index < -0.39 is 5.69 Å². The summed E-state index contributed by atoms with van der Waals surface area (Å²) in [6, 6.07) is 9.87. The minimum atomic E-state index is -0.511. The minimum Gasteiger partial charge on any atom is -0.260 e. The first-order valence-corrected chi connectivity index (χ1v) is 5.70. The molecule has 0 bridgehead atoms. The molecule has 2 N–H and O–H groups in total. The largest absolute Gasteiger partial charge is 0.363 e. The third-order valence-corrected chi connectivity index (χ3v) is 2.29. The summed E-state index contributed by atoms with van der Waals surface area (Å²) < 4.78 is 0. The number of aromatic amines is 1. The lowest BCUT2D eigenvalue weighted by molar-refractivity contribution is 0.879. The number of benzene rings is 1. The summed E-state index contributed by atoms with van der Waals surface area (Å²) in [5, 5.41) is 9.95. The van der Waals surface area contributed by atoms with Crippen LogP contribution < -0.4 is 11.1 Å². The van der Waals surface area contributed by atoms with Crippen LogP contribution in [0.15, 0.2) is 46.3 Å². The lowest BCUT2D eigenvalue weighted by Gasteiger charge is -1.99. The number of allylic oxidation sites excluding steroid dienone is 1. The number of hydrazone groups is 1. The van der Waals surface area contributed by atoms with Gasteiger partial charge in [0.2, 0.25) is 0 Å². The molecular weight excluding hydrogens is 242 g/mol. The van der Waals surface area contributed by atoms with E-state index in [0.717, 1.165) is 5.56 Å². The van der Waals surface area contributed by atoms with Crippen LogP contribution in [0.3, 0.4) is 0 Å².